The van der Waals surface area contributed by atoms with Gasteiger partial charge < -0.3 is 4.74 Å². The molecule has 0 radical (unpaired) electrons. The molecule has 1 aliphatic rings. The zero-order valence-electron chi connectivity index (χ0n) is 8.55. The van der Waals surface area contributed by atoms with Gasteiger partial charge in [0.25, 0.3) is 0 Å². The Balaban J connectivity index is 0.00000144. The summed E-state index contributed by atoms with van der Waals surface area (Å²) in [6, 6.07) is 0. The van der Waals surface area contributed by atoms with Gasteiger partial charge in [0.2, 0.25) is 0 Å². The molecule has 0 aromatic rings. The van der Waals surface area contributed by atoms with Crippen molar-refractivity contribution in [1.82, 2.24) is 0 Å². The fourth-order valence-corrected chi connectivity index (χ4v) is 1.63. The molecular weight excluding hydrogens is 217 g/mol. The van der Waals surface area contributed by atoms with Crippen molar-refractivity contribution in [1.29, 1.82) is 0 Å². The number of ether oxygens (including phenoxy) is 1. The van der Waals surface area contributed by atoms with Gasteiger partial charge in [-0.1, -0.05) is 13.3 Å². The maximum absolute atomic E-state index is 11.1. The van der Waals surface area contributed by atoms with Crippen LogP contribution in [0, 0.1) is 0 Å². The van der Waals surface area contributed by atoms with Gasteiger partial charge in [-0.05, 0) is 32.1 Å². The first kappa shape index (κ1) is 13.1. The van der Waals surface area contributed by atoms with E-state index in [2.05, 4.69) is 0 Å². The molecule has 0 unspecified atom stereocenters. The molecule has 0 N–H and O–H groups in total. The Hall–Kier alpha value is 0.0934. The van der Waals surface area contributed by atoms with Gasteiger partial charge in [0, 0.05) is 25.9 Å². The van der Waals surface area contributed by atoms with Crippen LogP contribution in [0.1, 0.15) is 51.9 Å². The first-order valence-corrected chi connectivity index (χ1v) is 5.02. The van der Waals surface area contributed by atoms with E-state index in [-0.39, 0.29) is 31.6 Å². The summed E-state index contributed by atoms with van der Waals surface area (Å²) in [6.07, 6.45) is 7.63. The zero-order chi connectivity index (χ0) is 8.81. The second-order valence-corrected chi connectivity index (χ2v) is 3.50. The number of hydrogen-bond acceptors (Lipinski definition) is 2. The maximum Gasteiger partial charge on any atom is 0.306 e. The molecule has 1 saturated carbocycles. The third-order valence-electron chi connectivity index (χ3n) is 2.30. The molecule has 0 heterocycles. The van der Waals surface area contributed by atoms with Gasteiger partial charge in [-0.25, -0.2) is 0 Å². The van der Waals surface area contributed by atoms with Crippen LogP contribution in [0.5, 0.6) is 0 Å². The summed E-state index contributed by atoms with van der Waals surface area (Å²) in [5.41, 5.74) is 0. The molecule has 0 saturated heterocycles. The topological polar surface area (TPSA) is 26.3 Å². The van der Waals surface area contributed by atoms with Gasteiger partial charge in [-0.2, -0.15) is 0 Å². The van der Waals surface area contributed by atoms with E-state index in [1.165, 1.54) is 19.3 Å². The zero-order valence-corrected chi connectivity index (χ0v) is 11.5. The third-order valence-corrected chi connectivity index (χ3v) is 2.30. The van der Waals surface area contributed by atoms with Crippen LogP contribution in [-0.4, -0.2) is 12.1 Å². The molecular formula is C10H18O2Zn. The SMILES string of the molecule is CCCC(=O)OC1CCCCC1.[Zn]. The van der Waals surface area contributed by atoms with E-state index in [1.54, 1.807) is 0 Å². The van der Waals surface area contributed by atoms with E-state index in [4.69, 9.17) is 4.74 Å². The van der Waals surface area contributed by atoms with Crippen LogP contribution in [-0.2, 0) is 29.0 Å². The average molecular weight is 236 g/mol. The van der Waals surface area contributed by atoms with Crippen LogP contribution >= 0.6 is 0 Å². The molecule has 1 rings (SSSR count). The molecule has 1 aliphatic carbocycles. The predicted octanol–water partition coefficient (Wildman–Crippen LogP) is 2.66. The summed E-state index contributed by atoms with van der Waals surface area (Å²) in [4.78, 5) is 11.1. The molecule has 13 heavy (non-hydrogen) atoms. The smallest absolute Gasteiger partial charge is 0.306 e. The van der Waals surface area contributed by atoms with Crippen molar-refractivity contribution in [2.45, 2.75) is 58.0 Å². The van der Waals surface area contributed by atoms with Crippen molar-refractivity contribution in [3.8, 4) is 0 Å². The Morgan fingerprint density at radius 2 is 1.92 bits per heavy atom. The summed E-state index contributed by atoms with van der Waals surface area (Å²) >= 11 is 0. The van der Waals surface area contributed by atoms with E-state index < -0.39 is 0 Å². The van der Waals surface area contributed by atoms with Crippen molar-refractivity contribution in [3.05, 3.63) is 0 Å². The molecule has 0 spiro atoms. The Kier molecular flexibility index (Phi) is 7.55. The fourth-order valence-electron chi connectivity index (χ4n) is 1.63. The third kappa shape index (κ3) is 5.41. The summed E-state index contributed by atoms with van der Waals surface area (Å²) in [7, 11) is 0. The average Bonchev–Trinajstić information content (AvgIpc) is 2.06. The summed E-state index contributed by atoms with van der Waals surface area (Å²) in [5, 5.41) is 0. The molecule has 3 heteroatoms. The Bertz CT molecular complexity index is 142. The van der Waals surface area contributed by atoms with E-state index in [0.717, 1.165) is 19.3 Å². The Morgan fingerprint density at radius 1 is 1.31 bits per heavy atom. The Labute approximate surface area is 93.2 Å². The van der Waals surface area contributed by atoms with Gasteiger partial charge in [-0.3, -0.25) is 4.79 Å². The number of carbonyl (C=O) groups excluding carboxylic acids is 1. The molecule has 0 bridgehead atoms. The van der Waals surface area contributed by atoms with Gasteiger partial charge in [-0.15, -0.1) is 0 Å². The van der Waals surface area contributed by atoms with Crippen molar-refractivity contribution >= 4 is 5.97 Å². The molecule has 72 valence electrons. The number of hydrogen-bond donors (Lipinski definition) is 0. The van der Waals surface area contributed by atoms with Crippen molar-refractivity contribution in [2.24, 2.45) is 0 Å². The van der Waals surface area contributed by atoms with Crippen LogP contribution in [0.15, 0.2) is 0 Å². The second kappa shape index (κ2) is 7.49. The standard InChI is InChI=1S/C10H18O2.Zn/c1-2-6-10(11)12-9-7-4-3-5-8-9;/h9H,2-8H2,1H3;. The minimum absolute atomic E-state index is 0. The summed E-state index contributed by atoms with van der Waals surface area (Å²) in [5.74, 6) is -0.00981. The molecule has 0 aliphatic heterocycles. The van der Waals surface area contributed by atoms with Crippen molar-refractivity contribution < 1.29 is 29.0 Å². The predicted molar refractivity (Wildman–Crippen MR) is 47.9 cm³/mol. The number of rotatable bonds is 3. The van der Waals surface area contributed by atoms with E-state index in [1.807, 2.05) is 6.92 Å². The molecule has 0 aromatic carbocycles. The van der Waals surface area contributed by atoms with Gasteiger partial charge in [0.15, 0.2) is 0 Å². The van der Waals surface area contributed by atoms with Gasteiger partial charge in [0.05, 0.1) is 0 Å². The molecule has 0 aromatic heterocycles. The van der Waals surface area contributed by atoms with Crippen LogP contribution < -0.4 is 0 Å². The molecule has 0 amide bonds. The Morgan fingerprint density at radius 3 is 2.46 bits per heavy atom. The number of carbonyl (C=O) groups is 1. The first-order chi connectivity index (χ1) is 5.83. The van der Waals surface area contributed by atoms with E-state index in [9.17, 15) is 4.79 Å². The number of esters is 1. The normalized spacial score (nSPS) is 17.6. The minimum atomic E-state index is -0.00981. The van der Waals surface area contributed by atoms with Crippen LogP contribution in [0.25, 0.3) is 0 Å². The molecule has 0 atom stereocenters. The largest absolute Gasteiger partial charge is 0.462 e. The maximum atomic E-state index is 11.1. The fraction of sp³-hybridized carbons (Fsp3) is 0.900. The van der Waals surface area contributed by atoms with Crippen LogP contribution in [0.3, 0.4) is 0 Å². The van der Waals surface area contributed by atoms with E-state index in [0.29, 0.717) is 6.42 Å². The molecule has 2 nitrogen and oxygen atoms in total. The van der Waals surface area contributed by atoms with Crippen LogP contribution in [0.4, 0.5) is 0 Å². The van der Waals surface area contributed by atoms with Gasteiger partial charge >= 0.3 is 5.97 Å². The van der Waals surface area contributed by atoms with Gasteiger partial charge in [0.1, 0.15) is 6.10 Å². The minimum Gasteiger partial charge on any atom is -0.462 e. The quantitative estimate of drug-likeness (QED) is 0.555. The first-order valence-electron chi connectivity index (χ1n) is 5.02. The second-order valence-electron chi connectivity index (χ2n) is 3.50. The molecule has 1 fully saturated rings. The summed E-state index contributed by atoms with van der Waals surface area (Å²) in [6.45, 7) is 2.00. The van der Waals surface area contributed by atoms with Crippen LogP contribution in [0.2, 0.25) is 0 Å². The monoisotopic (exact) mass is 234 g/mol. The van der Waals surface area contributed by atoms with Crippen molar-refractivity contribution in [3.63, 3.8) is 0 Å². The van der Waals surface area contributed by atoms with E-state index >= 15 is 0 Å². The summed E-state index contributed by atoms with van der Waals surface area (Å²) < 4.78 is 5.29. The van der Waals surface area contributed by atoms with Crippen molar-refractivity contribution in [2.75, 3.05) is 0 Å².